The molecular formula is C15H15ClN2O3S. The maximum Gasteiger partial charge on any atom is 0.446 e. The van der Waals surface area contributed by atoms with Gasteiger partial charge < -0.3 is 4.74 Å². The molecule has 1 aliphatic heterocycles. The van der Waals surface area contributed by atoms with Crippen LogP contribution in [0.5, 0.6) is 0 Å². The Balaban J connectivity index is 2.24. The van der Waals surface area contributed by atoms with E-state index in [1.54, 1.807) is 12.1 Å². The van der Waals surface area contributed by atoms with Gasteiger partial charge in [0.25, 0.3) is 0 Å². The van der Waals surface area contributed by atoms with E-state index in [0.717, 1.165) is 11.3 Å². The number of thioether (sulfide) groups is 1. The molecule has 0 radical (unpaired) electrons. The van der Waals surface area contributed by atoms with Crippen molar-refractivity contribution in [1.82, 2.24) is 9.72 Å². The van der Waals surface area contributed by atoms with Gasteiger partial charge in [-0.25, -0.2) is 9.36 Å². The first kappa shape index (κ1) is 15.4. The molecule has 2 heterocycles. The molecule has 0 aliphatic carbocycles. The number of benzene rings is 1. The summed E-state index contributed by atoms with van der Waals surface area (Å²) in [4.78, 5) is 11.0. The highest BCUT2D eigenvalue weighted by molar-refractivity contribution is 8.03. The van der Waals surface area contributed by atoms with Gasteiger partial charge in [0.15, 0.2) is 0 Å². The Morgan fingerprint density at radius 3 is 2.68 bits per heavy atom. The first-order valence-electron chi connectivity index (χ1n) is 6.82. The molecule has 0 saturated carbocycles. The van der Waals surface area contributed by atoms with Crippen LogP contribution in [0.2, 0.25) is 5.02 Å². The SMILES string of the molecule is CC1=CSC(OC(C)C)(c2ccc(Cl)cc2)c2noc(=O)n21. The van der Waals surface area contributed by atoms with Crippen LogP contribution in [0.4, 0.5) is 0 Å². The van der Waals surface area contributed by atoms with Gasteiger partial charge in [-0.3, -0.25) is 4.52 Å². The van der Waals surface area contributed by atoms with E-state index in [1.807, 2.05) is 38.3 Å². The lowest BCUT2D eigenvalue weighted by molar-refractivity contribution is -0.00164. The van der Waals surface area contributed by atoms with E-state index in [9.17, 15) is 4.79 Å². The van der Waals surface area contributed by atoms with Crippen LogP contribution in [0, 0.1) is 0 Å². The van der Waals surface area contributed by atoms with Crippen LogP contribution < -0.4 is 5.76 Å². The van der Waals surface area contributed by atoms with Crippen LogP contribution in [-0.2, 0) is 9.67 Å². The molecule has 1 aromatic heterocycles. The molecule has 22 heavy (non-hydrogen) atoms. The second-order valence-corrected chi connectivity index (χ2v) is 6.76. The van der Waals surface area contributed by atoms with Crippen molar-refractivity contribution in [1.29, 1.82) is 0 Å². The van der Waals surface area contributed by atoms with E-state index < -0.39 is 10.7 Å². The van der Waals surface area contributed by atoms with Crippen LogP contribution in [0.3, 0.4) is 0 Å². The third-order valence-corrected chi connectivity index (χ3v) is 4.83. The summed E-state index contributed by atoms with van der Waals surface area (Å²) in [6.07, 6.45) is -0.0739. The topological polar surface area (TPSA) is 57.3 Å². The molecule has 7 heteroatoms. The summed E-state index contributed by atoms with van der Waals surface area (Å²) < 4.78 is 12.5. The van der Waals surface area contributed by atoms with Crippen molar-refractivity contribution >= 4 is 29.1 Å². The van der Waals surface area contributed by atoms with Gasteiger partial charge in [-0.05, 0) is 38.3 Å². The van der Waals surface area contributed by atoms with Gasteiger partial charge in [0.2, 0.25) is 10.8 Å². The fourth-order valence-electron chi connectivity index (χ4n) is 2.39. The number of halogens is 1. The van der Waals surface area contributed by atoms with Crippen molar-refractivity contribution < 1.29 is 9.26 Å². The lowest BCUT2D eigenvalue weighted by Gasteiger charge is -2.35. The van der Waals surface area contributed by atoms with Crippen LogP contribution in [0.15, 0.2) is 39.0 Å². The Labute approximate surface area is 136 Å². The minimum absolute atomic E-state index is 0.0739. The number of hydrogen-bond acceptors (Lipinski definition) is 5. The molecule has 1 aliphatic rings. The van der Waals surface area contributed by atoms with Crippen molar-refractivity contribution in [3.8, 4) is 0 Å². The van der Waals surface area contributed by atoms with Gasteiger partial charge in [-0.15, -0.1) is 0 Å². The van der Waals surface area contributed by atoms with E-state index in [4.69, 9.17) is 20.9 Å². The van der Waals surface area contributed by atoms with Crippen LogP contribution in [0.1, 0.15) is 32.2 Å². The molecule has 1 unspecified atom stereocenters. The quantitative estimate of drug-likeness (QED) is 0.854. The molecule has 1 aromatic carbocycles. The van der Waals surface area contributed by atoms with E-state index in [-0.39, 0.29) is 6.10 Å². The van der Waals surface area contributed by atoms with E-state index in [1.165, 1.54) is 16.3 Å². The summed E-state index contributed by atoms with van der Waals surface area (Å²) in [6.45, 7) is 5.70. The Morgan fingerprint density at radius 2 is 2.05 bits per heavy atom. The summed E-state index contributed by atoms with van der Waals surface area (Å²) in [6, 6.07) is 7.32. The minimum atomic E-state index is -0.940. The smallest absolute Gasteiger partial charge is 0.350 e. The van der Waals surface area contributed by atoms with Crippen LogP contribution in [0.25, 0.3) is 5.70 Å². The lowest BCUT2D eigenvalue weighted by atomic mass is 10.1. The highest BCUT2D eigenvalue weighted by atomic mass is 35.5. The molecule has 0 amide bonds. The normalized spacial score (nSPS) is 20.9. The monoisotopic (exact) mass is 338 g/mol. The van der Waals surface area contributed by atoms with E-state index in [2.05, 4.69) is 5.16 Å². The zero-order chi connectivity index (χ0) is 15.9. The van der Waals surface area contributed by atoms with Gasteiger partial charge in [0.1, 0.15) is 0 Å². The highest BCUT2D eigenvalue weighted by Gasteiger charge is 2.45. The highest BCUT2D eigenvalue weighted by Crippen LogP contribution is 2.48. The van der Waals surface area contributed by atoms with Crippen molar-refractivity contribution in [2.45, 2.75) is 31.8 Å². The fraction of sp³-hybridized carbons (Fsp3) is 0.333. The Kier molecular flexibility index (Phi) is 3.92. The van der Waals surface area contributed by atoms with Crippen molar-refractivity contribution in [3.05, 3.63) is 56.6 Å². The third-order valence-electron chi connectivity index (χ3n) is 3.27. The summed E-state index contributed by atoms with van der Waals surface area (Å²) >= 11 is 7.43. The van der Waals surface area contributed by atoms with Gasteiger partial charge in [0.05, 0.1) is 6.10 Å². The standard InChI is InChI=1S/C15H15ClN2O3S/c1-9(2)20-15(11-4-6-12(16)7-5-11)13-17-21-14(19)18(13)10(3)8-22-15/h4-9H,1-3H3. The molecule has 2 aromatic rings. The number of nitrogens with zero attached hydrogens (tertiary/aromatic N) is 2. The van der Waals surface area contributed by atoms with Crippen LogP contribution in [-0.4, -0.2) is 15.8 Å². The first-order chi connectivity index (χ1) is 10.4. The van der Waals surface area contributed by atoms with Gasteiger partial charge in [-0.2, -0.15) is 0 Å². The zero-order valence-corrected chi connectivity index (χ0v) is 13.9. The average Bonchev–Trinajstić information content (AvgIpc) is 2.86. The molecule has 0 fully saturated rings. The predicted octanol–water partition coefficient (Wildman–Crippen LogP) is 3.68. The van der Waals surface area contributed by atoms with Gasteiger partial charge in [0, 0.05) is 16.3 Å². The number of rotatable bonds is 3. The molecule has 0 spiro atoms. The molecule has 0 N–H and O–H groups in total. The van der Waals surface area contributed by atoms with E-state index in [0.29, 0.717) is 10.8 Å². The number of hydrogen-bond donors (Lipinski definition) is 0. The molecular weight excluding hydrogens is 324 g/mol. The first-order valence-corrected chi connectivity index (χ1v) is 8.08. The van der Waals surface area contributed by atoms with E-state index >= 15 is 0 Å². The average molecular weight is 339 g/mol. The molecule has 3 rings (SSSR count). The number of fused-ring (bicyclic) bond motifs is 1. The second-order valence-electron chi connectivity index (χ2n) is 5.27. The summed E-state index contributed by atoms with van der Waals surface area (Å²) in [7, 11) is 0. The maximum absolute atomic E-state index is 11.9. The summed E-state index contributed by atoms with van der Waals surface area (Å²) in [5.41, 5.74) is 1.60. The zero-order valence-electron chi connectivity index (χ0n) is 12.4. The van der Waals surface area contributed by atoms with Crippen molar-refractivity contribution in [2.24, 2.45) is 0 Å². The lowest BCUT2D eigenvalue weighted by Crippen LogP contribution is -2.36. The Morgan fingerprint density at radius 1 is 1.36 bits per heavy atom. The minimum Gasteiger partial charge on any atom is -0.350 e. The third kappa shape index (κ3) is 2.41. The fourth-order valence-corrected chi connectivity index (χ4v) is 3.71. The number of ether oxygens (including phenoxy) is 1. The number of aromatic nitrogens is 2. The molecule has 5 nitrogen and oxygen atoms in total. The number of allylic oxidation sites excluding steroid dienone is 1. The maximum atomic E-state index is 11.9. The van der Waals surface area contributed by atoms with Gasteiger partial charge >= 0.3 is 5.76 Å². The largest absolute Gasteiger partial charge is 0.446 e. The summed E-state index contributed by atoms with van der Waals surface area (Å²) in [5, 5.41) is 6.48. The molecule has 0 bridgehead atoms. The Bertz CT molecular complexity index is 779. The van der Waals surface area contributed by atoms with Gasteiger partial charge in [-0.1, -0.05) is 40.7 Å². The second kappa shape index (κ2) is 5.61. The molecule has 116 valence electrons. The molecule has 0 saturated heterocycles. The predicted molar refractivity (Wildman–Crippen MR) is 86.8 cm³/mol. The Hall–Kier alpha value is -1.50. The van der Waals surface area contributed by atoms with Crippen molar-refractivity contribution in [3.63, 3.8) is 0 Å². The molecule has 1 atom stereocenters. The van der Waals surface area contributed by atoms with Crippen molar-refractivity contribution in [2.75, 3.05) is 0 Å². The van der Waals surface area contributed by atoms with Crippen LogP contribution >= 0.6 is 23.4 Å². The summed E-state index contributed by atoms with van der Waals surface area (Å²) in [5.74, 6) is -0.0896.